The predicted molar refractivity (Wildman–Crippen MR) is 177 cm³/mol. The van der Waals surface area contributed by atoms with Crippen molar-refractivity contribution in [1.29, 1.82) is 0 Å². The zero-order valence-electron chi connectivity index (χ0n) is 30.3. The average Bonchev–Trinajstić information content (AvgIpc) is 2.99. The minimum Gasteiger partial charge on any atom is -0.545 e. The van der Waals surface area contributed by atoms with E-state index in [0.29, 0.717) is 48.0 Å². The molecule has 0 aliphatic rings. The molecule has 9 heteroatoms. The first-order chi connectivity index (χ1) is 20.7. The maximum Gasteiger partial charge on any atom is 4.00 e. The van der Waals surface area contributed by atoms with E-state index >= 15 is 0 Å². The first-order valence-electron chi connectivity index (χ1n) is 16.4. The van der Waals surface area contributed by atoms with E-state index in [2.05, 4.69) is 0 Å². The summed E-state index contributed by atoms with van der Waals surface area (Å²) in [6, 6.07) is 0. The van der Waals surface area contributed by atoms with Crippen LogP contribution in [-0.2, 0) is 19.2 Å². The van der Waals surface area contributed by atoms with Crippen molar-refractivity contribution in [3.05, 3.63) is 44.6 Å². The van der Waals surface area contributed by atoms with Crippen LogP contribution in [0.2, 0.25) is 0 Å². The fourth-order valence-electron chi connectivity index (χ4n) is 4.86. The normalized spacial score (nSPS) is 9.16. The standard InChI is InChI=1S/4C9H16O2.Ge/c4*1-4-7(5-2)8(6-3)9(10)11;/h4*4-6H2,1-3H3,(H,10,11);/q;;;;+4/p-4. The third kappa shape index (κ3) is 22.5. The Hall–Kier alpha value is -2.62. The summed E-state index contributed by atoms with van der Waals surface area (Å²) in [5.74, 6) is -4.03. The molecule has 0 fully saturated rings. The average molecular weight is 693 g/mol. The minimum absolute atomic E-state index is 0. The third-order valence-electron chi connectivity index (χ3n) is 7.52. The summed E-state index contributed by atoms with van der Waals surface area (Å²) >= 11 is 0. The van der Waals surface area contributed by atoms with Crippen molar-refractivity contribution < 1.29 is 39.6 Å². The summed E-state index contributed by atoms with van der Waals surface area (Å²) in [7, 11) is 0. The summed E-state index contributed by atoms with van der Waals surface area (Å²) in [6.07, 6.45) is 8.78. The van der Waals surface area contributed by atoms with Gasteiger partial charge in [-0.3, -0.25) is 0 Å². The molecule has 0 spiro atoms. The third-order valence-corrected chi connectivity index (χ3v) is 7.52. The molecule has 0 saturated heterocycles. The van der Waals surface area contributed by atoms with E-state index in [1.165, 1.54) is 0 Å². The van der Waals surface area contributed by atoms with Crippen LogP contribution in [0.15, 0.2) is 44.6 Å². The second-order valence-electron chi connectivity index (χ2n) is 9.72. The second-order valence-corrected chi connectivity index (χ2v) is 9.72. The first kappa shape index (κ1) is 51.9. The molecule has 0 rings (SSSR count). The molecule has 0 atom stereocenters. The summed E-state index contributed by atoms with van der Waals surface area (Å²) in [6.45, 7) is 23.1. The fourth-order valence-corrected chi connectivity index (χ4v) is 4.86. The molecular formula is C36H60GeO8. The summed E-state index contributed by atoms with van der Waals surface area (Å²) in [5.41, 5.74) is 5.95. The van der Waals surface area contributed by atoms with Crippen molar-refractivity contribution in [2.45, 2.75) is 160 Å². The largest absolute Gasteiger partial charge is 4.00 e. The predicted octanol–water partition coefficient (Wildman–Crippen LogP) is 4.67. The van der Waals surface area contributed by atoms with Crippen LogP contribution in [0.25, 0.3) is 0 Å². The monoisotopic (exact) mass is 694 g/mol. The Morgan fingerprint density at radius 3 is 0.422 bits per heavy atom. The molecule has 0 amide bonds. The van der Waals surface area contributed by atoms with Crippen molar-refractivity contribution in [2.75, 3.05) is 0 Å². The summed E-state index contributed by atoms with van der Waals surface area (Å²) < 4.78 is 0. The van der Waals surface area contributed by atoms with Crippen molar-refractivity contribution in [1.82, 2.24) is 0 Å². The maximum atomic E-state index is 10.5. The molecule has 0 heterocycles. The van der Waals surface area contributed by atoms with Gasteiger partial charge in [-0.1, -0.05) is 105 Å². The zero-order chi connectivity index (χ0) is 35.4. The quantitative estimate of drug-likeness (QED) is 0.167. The molecule has 45 heavy (non-hydrogen) atoms. The van der Waals surface area contributed by atoms with Crippen molar-refractivity contribution >= 4 is 41.5 Å². The van der Waals surface area contributed by atoms with E-state index in [1.54, 1.807) is 0 Å². The molecule has 0 aromatic heterocycles. The summed E-state index contributed by atoms with van der Waals surface area (Å²) in [5, 5.41) is 42.1. The molecule has 8 nitrogen and oxygen atoms in total. The second kappa shape index (κ2) is 32.8. The van der Waals surface area contributed by atoms with Crippen LogP contribution in [0.5, 0.6) is 0 Å². The van der Waals surface area contributed by atoms with E-state index < -0.39 is 23.9 Å². The number of hydrogen-bond donors (Lipinski definition) is 0. The van der Waals surface area contributed by atoms with E-state index in [9.17, 15) is 39.6 Å². The van der Waals surface area contributed by atoms with Crippen LogP contribution in [0.4, 0.5) is 0 Å². The first-order valence-corrected chi connectivity index (χ1v) is 16.4. The molecule has 0 saturated carbocycles. The Kier molecular flexibility index (Phi) is 37.8. The van der Waals surface area contributed by atoms with E-state index in [1.807, 2.05) is 83.1 Å². The van der Waals surface area contributed by atoms with Gasteiger partial charge in [0.05, 0.1) is 23.9 Å². The Labute approximate surface area is 285 Å². The molecule has 0 aromatic rings. The van der Waals surface area contributed by atoms with Gasteiger partial charge in [-0.15, -0.1) is 0 Å². The van der Waals surface area contributed by atoms with Gasteiger partial charge in [0.15, 0.2) is 0 Å². The van der Waals surface area contributed by atoms with Gasteiger partial charge in [-0.25, -0.2) is 0 Å². The Bertz CT molecular complexity index is 817. The van der Waals surface area contributed by atoms with Crippen molar-refractivity contribution in [3.63, 3.8) is 0 Å². The van der Waals surface area contributed by atoms with E-state index in [-0.39, 0.29) is 17.6 Å². The maximum absolute atomic E-state index is 10.5. The smallest absolute Gasteiger partial charge is 0.545 e. The number of aliphatic carboxylic acids is 4. The van der Waals surface area contributed by atoms with E-state index in [0.717, 1.165) is 73.7 Å². The zero-order valence-corrected chi connectivity index (χ0v) is 32.3. The van der Waals surface area contributed by atoms with Gasteiger partial charge in [0, 0.05) is 0 Å². The van der Waals surface area contributed by atoms with Gasteiger partial charge in [-0.05, 0) is 99.3 Å². The van der Waals surface area contributed by atoms with Gasteiger partial charge >= 0.3 is 17.6 Å². The van der Waals surface area contributed by atoms with Crippen molar-refractivity contribution in [2.24, 2.45) is 0 Å². The van der Waals surface area contributed by atoms with Gasteiger partial charge in [0.2, 0.25) is 0 Å². The summed E-state index contributed by atoms with van der Waals surface area (Å²) in [4.78, 5) is 42.1. The van der Waals surface area contributed by atoms with Gasteiger partial charge in [-0.2, -0.15) is 0 Å². The number of hydrogen-bond acceptors (Lipinski definition) is 8. The Balaban J connectivity index is -0.000000157. The van der Waals surface area contributed by atoms with Gasteiger partial charge < -0.3 is 39.6 Å². The Morgan fingerprint density at radius 1 is 0.289 bits per heavy atom. The SMILES string of the molecule is CCC(CC)=C(CC)C(=O)[O-].CCC(CC)=C(CC)C(=O)[O-].CCC(CC)=C(CC)C(=O)[O-].CCC(CC)=C(CC)C(=O)[O-].[Ge+4]. The van der Waals surface area contributed by atoms with Crippen LogP contribution in [0.1, 0.15) is 160 Å². The number of carbonyl (C=O) groups excluding carboxylic acids is 4. The molecule has 0 bridgehead atoms. The molecule has 0 aromatic carbocycles. The van der Waals surface area contributed by atoms with Crippen LogP contribution in [0, 0.1) is 0 Å². The van der Waals surface area contributed by atoms with Crippen LogP contribution >= 0.6 is 0 Å². The molecule has 0 aliphatic carbocycles. The minimum atomic E-state index is -1.01. The van der Waals surface area contributed by atoms with Crippen molar-refractivity contribution in [3.8, 4) is 0 Å². The van der Waals surface area contributed by atoms with Crippen LogP contribution in [0.3, 0.4) is 0 Å². The topological polar surface area (TPSA) is 161 Å². The number of carboxylic acids is 4. The number of rotatable bonds is 16. The van der Waals surface area contributed by atoms with E-state index in [4.69, 9.17) is 0 Å². The number of allylic oxidation sites excluding steroid dienone is 4. The molecule has 0 radical (unpaired) electrons. The van der Waals surface area contributed by atoms with Gasteiger partial charge in [0.1, 0.15) is 0 Å². The Morgan fingerprint density at radius 2 is 0.400 bits per heavy atom. The molecule has 256 valence electrons. The fraction of sp³-hybridized carbons (Fsp3) is 0.667. The molecular weight excluding hydrogens is 633 g/mol. The molecule has 0 N–H and O–H groups in total. The number of carboxylic acid groups (broad SMARTS) is 4. The number of carbonyl (C=O) groups is 4. The van der Waals surface area contributed by atoms with Crippen LogP contribution < -0.4 is 20.4 Å². The van der Waals surface area contributed by atoms with Gasteiger partial charge in [0.25, 0.3) is 0 Å². The van der Waals surface area contributed by atoms with Crippen LogP contribution in [-0.4, -0.2) is 41.5 Å². The molecule has 0 unspecified atom stereocenters. The molecule has 0 aliphatic heterocycles.